The van der Waals surface area contributed by atoms with Gasteiger partial charge < -0.3 is 5.32 Å². The fourth-order valence-electron chi connectivity index (χ4n) is 2.91. The van der Waals surface area contributed by atoms with Crippen molar-refractivity contribution >= 4 is 21.2 Å². The summed E-state index contributed by atoms with van der Waals surface area (Å²) in [5, 5.41) is 14.5. The smallest absolute Gasteiger partial charge is 0.310 e. The number of hydrogen-bond acceptors (Lipinski definition) is 5. The zero-order chi connectivity index (χ0) is 15.6. The average Bonchev–Trinajstić information content (AvgIpc) is 2.37. The number of nitro groups is 1. The molecule has 6 nitrogen and oxygen atoms in total. The third-order valence-corrected chi connectivity index (χ3v) is 5.01. The van der Waals surface area contributed by atoms with Gasteiger partial charge in [0.25, 0.3) is 0 Å². The molecule has 2 atom stereocenters. The Kier molecular flexibility index (Phi) is 4.51. The Morgan fingerprint density at radius 2 is 2.05 bits per heavy atom. The fraction of sp³-hybridized carbons (Fsp3) is 0.571. The van der Waals surface area contributed by atoms with Gasteiger partial charge in [0.15, 0.2) is 9.84 Å². The van der Waals surface area contributed by atoms with Gasteiger partial charge in [-0.2, -0.15) is 0 Å². The van der Waals surface area contributed by atoms with Crippen LogP contribution in [-0.4, -0.2) is 25.6 Å². The molecule has 1 aliphatic carbocycles. The minimum atomic E-state index is -3.63. The van der Waals surface area contributed by atoms with Crippen molar-refractivity contribution in [3.8, 4) is 0 Å². The average molecular weight is 312 g/mol. The molecule has 0 aliphatic heterocycles. The molecule has 0 aromatic heterocycles. The van der Waals surface area contributed by atoms with Gasteiger partial charge >= 0.3 is 5.69 Å². The Morgan fingerprint density at radius 3 is 2.62 bits per heavy atom. The lowest BCUT2D eigenvalue weighted by molar-refractivity contribution is -0.386. The van der Waals surface area contributed by atoms with Crippen LogP contribution in [-0.2, 0) is 9.84 Å². The molecule has 0 saturated heterocycles. The van der Waals surface area contributed by atoms with Gasteiger partial charge in [0.2, 0.25) is 0 Å². The quantitative estimate of drug-likeness (QED) is 0.682. The van der Waals surface area contributed by atoms with Gasteiger partial charge in [-0.15, -0.1) is 0 Å². The zero-order valence-corrected chi connectivity index (χ0v) is 13.0. The second-order valence-electron chi connectivity index (χ2n) is 5.79. The van der Waals surface area contributed by atoms with E-state index >= 15 is 0 Å². The summed E-state index contributed by atoms with van der Waals surface area (Å²) in [6.07, 6.45) is 5.13. The van der Waals surface area contributed by atoms with Crippen molar-refractivity contribution in [3.05, 3.63) is 28.3 Å². The molecular formula is C14H20N2O4S. The van der Waals surface area contributed by atoms with Crippen LogP contribution in [0, 0.1) is 16.0 Å². The molecule has 0 spiro atoms. The number of nitrogens with zero attached hydrogens (tertiary/aromatic N) is 1. The maximum atomic E-state index is 11.7. The molecule has 0 heterocycles. The number of sulfone groups is 1. The van der Waals surface area contributed by atoms with Crippen LogP contribution in [0.1, 0.15) is 32.6 Å². The van der Waals surface area contributed by atoms with E-state index in [-0.39, 0.29) is 16.6 Å². The molecular weight excluding hydrogens is 292 g/mol. The molecule has 0 radical (unpaired) electrons. The molecule has 7 heteroatoms. The summed E-state index contributed by atoms with van der Waals surface area (Å²) >= 11 is 0. The second kappa shape index (κ2) is 6.01. The van der Waals surface area contributed by atoms with E-state index in [0.717, 1.165) is 25.5 Å². The van der Waals surface area contributed by atoms with Crippen LogP contribution < -0.4 is 5.32 Å². The van der Waals surface area contributed by atoms with E-state index < -0.39 is 14.8 Å². The highest BCUT2D eigenvalue weighted by atomic mass is 32.2. The predicted octanol–water partition coefficient (Wildman–Crippen LogP) is 2.99. The third kappa shape index (κ3) is 3.72. The van der Waals surface area contributed by atoms with Crippen molar-refractivity contribution in [3.63, 3.8) is 0 Å². The summed E-state index contributed by atoms with van der Waals surface area (Å²) in [5.41, 5.74) is -0.0553. The summed E-state index contributed by atoms with van der Waals surface area (Å²) in [5.74, 6) is 0.577. The molecule has 1 saturated carbocycles. The summed E-state index contributed by atoms with van der Waals surface area (Å²) in [6.45, 7) is 2.16. The van der Waals surface area contributed by atoms with Gasteiger partial charge in [0.05, 0.1) is 4.92 Å². The van der Waals surface area contributed by atoms with Gasteiger partial charge in [0, 0.05) is 12.3 Å². The van der Waals surface area contributed by atoms with Gasteiger partial charge in [-0.3, -0.25) is 10.1 Å². The summed E-state index contributed by atoms with van der Waals surface area (Å²) < 4.78 is 23.4. The molecule has 1 fully saturated rings. The Bertz CT molecular complexity index is 642. The van der Waals surface area contributed by atoms with E-state index in [1.807, 2.05) is 0 Å². The molecule has 1 N–H and O–H groups in total. The first-order valence-electron chi connectivity index (χ1n) is 7.03. The van der Waals surface area contributed by atoms with Crippen LogP contribution in [0.5, 0.6) is 0 Å². The number of nitro benzene ring substituents is 1. The molecule has 1 aliphatic rings. The number of hydrogen-bond donors (Lipinski definition) is 1. The Balaban J connectivity index is 2.37. The number of benzene rings is 1. The molecule has 116 valence electrons. The highest BCUT2D eigenvalue weighted by Crippen LogP contribution is 2.34. The van der Waals surface area contributed by atoms with Crippen LogP contribution in [0.2, 0.25) is 0 Å². The van der Waals surface area contributed by atoms with Crippen molar-refractivity contribution in [1.82, 2.24) is 0 Å². The Hall–Kier alpha value is -1.63. The summed E-state index contributed by atoms with van der Waals surface area (Å²) in [7, 11) is -3.63. The van der Waals surface area contributed by atoms with Crippen LogP contribution in [0.3, 0.4) is 0 Å². The number of para-hydroxylation sites is 1. The predicted molar refractivity (Wildman–Crippen MR) is 81.2 cm³/mol. The standard InChI is InChI=1S/C14H20N2O4S/c1-10-5-3-6-11(9-10)15-12-7-4-8-13(21(2,19)20)14(12)16(17)18/h4,7-8,10-11,15H,3,5-6,9H2,1-2H3. The van der Waals surface area contributed by atoms with Gasteiger partial charge in [0.1, 0.15) is 10.6 Å². The fourth-order valence-corrected chi connectivity index (χ4v) is 3.77. The lowest BCUT2D eigenvalue weighted by Crippen LogP contribution is -2.26. The number of nitrogens with one attached hydrogen (secondary N) is 1. The molecule has 2 rings (SSSR count). The van der Waals surface area contributed by atoms with Crippen LogP contribution in [0.25, 0.3) is 0 Å². The summed E-state index contributed by atoms with van der Waals surface area (Å²) in [6, 6.07) is 4.55. The van der Waals surface area contributed by atoms with E-state index in [0.29, 0.717) is 11.6 Å². The zero-order valence-electron chi connectivity index (χ0n) is 12.2. The van der Waals surface area contributed by atoms with Crippen molar-refractivity contribution in [2.45, 2.75) is 43.5 Å². The summed E-state index contributed by atoms with van der Waals surface area (Å²) in [4.78, 5) is 10.4. The van der Waals surface area contributed by atoms with Gasteiger partial charge in [-0.1, -0.05) is 25.8 Å². The van der Waals surface area contributed by atoms with E-state index in [4.69, 9.17) is 0 Å². The van der Waals surface area contributed by atoms with Gasteiger partial charge in [-0.05, 0) is 30.9 Å². The van der Waals surface area contributed by atoms with E-state index in [1.165, 1.54) is 18.6 Å². The molecule has 1 aromatic rings. The first-order chi connectivity index (χ1) is 9.79. The van der Waals surface area contributed by atoms with E-state index in [1.54, 1.807) is 6.07 Å². The minimum Gasteiger partial charge on any atom is -0.377 e. The lowest BCUT2D eigenvalue weighted by Gasteiger charge is -2.28. The van der Waals surface area contributed by atoms with Gasteiger partial charge in [-0.25, -0.2) is 8.42 Å². The third-order valence-electron chi connectivity index (χ3n) is 3.88. The second-order valence-corrected chi connectivity index (χ2v) is 7.78. The highest BCUT2D eigenvalue weighted by Gasteiger charge is 2.28. The lowest BCUT2D eigenvalue weighted by atomic mass is 9.87. The van der Waals surface area contributed by atoms with Crippen LogP contribution in [0.15, 0.2) is 23.1 Å². The van der Waals surface area contributed by atoms with Crippen molar-refractivity contribution in [2.24, 2.45) is 5.92 Å². The SMILES string of the molecule is CC1CCCC(Nc2cccc(S(C)(=O)=O)c2[N+](=O)[O-])C1. The maximum Gasteiger partial charge on any atom is 0.310 e. The number of rotatable bonds is 4. The maximum absolute atomic E-state index is 11.7. The first-order valence-corrected chi connectivity index (χ1v) is 8.92. The normalized spacial score (nSPS) is 22.8. The first kappa shape index (κ1) is 15.8. The molecule has 1 aromatic carbocycles. The Labute approximate surface area is 124 Å². The molecule has 21 heavy (non-hydrogen) atoms. The topological polar surface area (TPSA) is 89.3 Å². The van der Waals surface area contributed by atoms with Crippen LogP contribution in [0.4, 0.5) is 11.4 Å². The number of anilines is 1. The molecule has 2 unspecified atom stereocenters. The van der Waals surface area contributed by atoms with Crippen molar-refractivity contribution in [1.29, 1.82) is 0 Å². The van der Waals surface area contributed by atoms with Crippen molar-refractivity contribution in [2.75, 3.05) is 11.6 Å². The molecule has 0 bridgehead atoms. The van der Waals surface area contributed by atoms with E-state index in [2.05, 4.69) is 12.2 Å². The largest absolute Gasteiger partial charge is 0.377 e. The van der Waals surface area contributed by atoms with E-state index in [9.17, 15) is 18.5 Å². The van der Waals surface area contributed by atoms with Crippen LogP contribution >= 0.6 is 0 Å². The monoisotopic (exact) mass is 312 g/mol. The Morgan fingerprint density at radius 1 is 1.33 bits per heavy atom. The molecule has 0 amide bonds. The highest BCUT2D eigenvalue weighted by molar-refractivity contribution is 7.90. The minimum absolute atomic E-state index is 0.155. The van der Waals surface area contributed by atoms with Crippen molar-refractivity contribution < 1.29 is 13.3 Å².